The van der Waals surface area contributed by atoms with Gasteiger partial charge in [0.15, 0.2) is 0 Å². The number of carbonyl (C=O) groups excluding carboxylic acids is 3. The average molecular weight is 403 g/mol. The van der Waals surface area contributed by atoms with Gasteiger partial charge in [0.25, 0.3) is 5.91 Å². The van der Waals surface area contributed by atoms with Crippen LogP contribution in [0.25, 0.3) is 0 Å². The van der Waals surface area contributed by atoms with Gasteiger partial charge in [-0.25, -0.2) is 0 Å². The standard InChI is InChI=1S/C21H29N3O5/c1-2-29-21(27)16-6-8-23(9-7-16)19(25)15-22-18-5-3-4-17(14-18)20(26)24-10-12-28-13-11-24/h3-5,14,16,22H,2,6-13,15H2,1H3. The van der Waals surface area contributed by atoms with Crippen LogP contribution in [0.5, 0.6) is 0 Å². The van der Waals surface area contributed by atoms with Gasteiger partial charge in [-0.2, -0.15) is 0 Å². The quantitative estimate of drug-likeness (QED) is 0.722. The summed E-state index contributed by atoms with van der Waals surface area (Å²) >= 11 is 0. The topological polar surface area (TPSA) is 88.2 Å². The Morgan fingerprint density at radius 2 is 1.83 bits per heavy atom. The van der Waals surface area contributed by atoms with Crippen LogP contribution in [0.4, 0.5) is 5.69 Å². The Morgan fingerprint density at radius 3 is 2.52 bits per heavy atom. The third-order valence-corrected chi connectivity index (χ3v) is 5.32. The van der Waals surface area contributed by atoms with E-state index in [1.165, 1.54) is 0 Å². The van der Waals surface area contributed by atoms with Crippen molar-refractivity contribution in [3.63, 3.8) is 0 Å². The smallest absolute Gasteiger partial charge is 0.309 e. The molecule has 2 saturated heterocycles. The van der Waals surface area contributed by atoms with E-state index in [9.17, 15) is 14.4 Å². The number of carbonyl (C=O) groups is 3. The molecule has 0 bridgehead atoms. The number of nitrogens with one attached hydrogen (secondary N) is 1. The lowest BCUT2D eigenvalue weighted by molar-refractivity contribution is -0.151. The first-order valence-corrected chi connectivity index (χ1v) is 10.2. The molecule has 29 heavy (non-hydrogen) atoms. The van der Waals surface area contributed by atoms with Crippen molar-refractivity contribution in [3.8, 4) is 0 Å². The summed E-state index contributed by atoms with van der Waals surface area (Å²) in [7, 11) is 0. The molecule has 2 aliphatic heterocycles. The molecule has 1 aromatic rings. The van der Waals surface area contributed by atoms with Crippen LogP contribution in [-0.2, 0) is 19.1 Å². The number of likely N-dealkylation sites (tertiary alicyclic amines) is 1. The fourth-order valence-corrected chi connectivity index (χ4v) is 3.63. The molecule has 2 fully saturated rings. The predicted octanol–water partition coefficient (Wildman–Crippen LogP) is 1.37. The number of rotatable bonds is 6. The highest BCUT2D eigenvalue weighted by Crippen LogP contribution is 2.19. The van der Waals surface area contributed by atoms with Gasteiger partial charge in [0.05, 0.1) is 32.3 Å². The molecule has 0 aliphatic carbocycles. The Bertz CT molecular complexity index is 725. The van der Waals surface area contributed by atoms with Gasteiger partial charge in [-0.3, -0.25) is 14.4 Å². The molecular formula is C21H29N3O5. The largest absolute Gasteiger partial charge is 0.466 e. The first kappa shape index (κ1) is 21.1. The Balaban J connectivity index is 1.48. The SMILES string of the molecule is CCOC(=O)C1CCN(C(=O)CNc2cccc(C(=O)N3CCOCC3)c2)CC1. The number of amides is 2. The van der Waals surface area contributed by atoms with Crippen LogP contribution in [0.15, 0.2) is 24.3 Å². The summed E-state index contributed by atoms with van der Waals surface area (Å²) in [6.45, 7) is 5.75. The summed E-state index contributed by atoms with van der Waals surface area (Å²) in [5.41, 5.74) is 1.33. The third-order valence-electron chi connectivity index (χ3n) is 5.32. The van der Waals surface area contributed by atoms with E-state index >= 15 is 0 Å². The maximum atomic E-state index is 12.6. The van der Waals surface area contributed by atoms with E-state index in [1.54, 1.807) is 28.9 Å². The second kappa shape index (κ2) is 10.2. The number of benzene rings is 1. The number of esters is 1. The van der Waals surface area contributed by atoms with E-state index in [0.29, 0.717) is 64.4 Å². The zero-order chi connectivity index (χ0) is 20.6. The molecule has 0 unspecified atom stereocenters. The van der Waals surface area contributed by atoms with Crippen molar-refractivity contribution in [2.45, 2.75) is 19.8 Å². The van der Waals surface area contributed by atoms with E-state index < -0.39 is 0 Å². The zero-order valence-electron chi connectivity index (χ0n) is 16.9. The van der Waals surface area contributed by atoms with E-state index in [-0.39, 0.29) is 30.2 Å². The lowest BCUT2D eigenvalue weighted by Gasteiger charge is -2.31. The minimum atomic E-state index is -0.167. The van der Waals surface area contributed by atoms with E-state index in [1.807, 2.05) is 12.1 Å². The fraction of sp³-hybridized carbons (Fsp3) is 0.571. The molecule has 8 nitrogen and oxygen atoms in total. The summed E-state index contributed by atoms with van der Waals surface area (Å²) in [6.07, 6.45) is 1.27. The maximum absolute atomic E-state index is 12.6. The number of morpholine rings is 1. The van der Waals surface area contributed by atoms with Gasteiger partial charge in [0.1, 0.15) is 0 Å². The van der Waals surface area contributed by atoms with Crippen LogP contribution < -0.4 is 5.32 Å². The molecule has 2 amide bonds. The summed E-state index contributed by atoms with van der Waals surface area (Å²) in [6, 6.07) is 7.21. The lowest BCUT2D eigenvalue weighted by Crippen LogP contribution is -2.43. The molecule has 158 valence electrons. The van der Waals surface area contributed by atoms with Gasteiger partial charge < -0.3 is 24.6 Å². The van der Waals surface area contributed by atoms with Gasteiger partial charge >= 0.3 is 5.97 Å². The molecule has 0 aromatic heterocycles. The number of hydrogen-bond acceptors (Lipinski definition) is 6. The van der Waals surface area contributed by atoms with Crippen molar-refractivity contribution in [2.75, 3.05) is 57.9 Å². The molecule has 2 heterocycles. The zero-order valence-corrected chi connectivity index (χ0v) is 16.9. The van der Waals surface area contributed by atoms with Crippen LogP contribution in [0.2, 0.25) is 0 Å². The second-order valence-corrected chi connectivity index (χ2v) is 7.25. The Kier molecular flexibility index (Phi) is 7.46. The molecule has 0 spiro atoms. The molecule has 0 saturated carbocycles. The van der Waals surface area contributed by atoms with Crippen molar-refractivity contribution in [3.05, 3.63) is 29.8 Å². The van der Waals surface area contributed by atoms with Gasteiger partial charge in [-0.1, -0.05) is 6.07 Å². The minimum absolute atomic E-state index is 0.0165. The average Bonchev–Trinajstić information content (AvgIpc) is 2.78. The van der Waals surface area contributed by atoms with Gasteiger partial charge in [0.2, 0.25) is 5.91 Å². The van der Waals surface area contributed by atoms with Crippen molar-refractivity contribution in [1.29, 1.82) is 0 Å². The van der Waals surface area contributed by atoms with Gasteiger partial charge in [-0.15, -0.1) is 0 Å². The van der Waals surface area contributed by atoms with Crippen LogP contribution in [-0.4, -0.2) is 80.1 Å². The summed E-state index contributed by atoms with van der Waals surface area (Å²) in [5.74, 6) is -0.323. The molecule has 8 heteroatoms. The Labute approximate surface area is 171 Å². The summed E-state index contributed by atoms with van der Waals surface area (Å²) in [5, 5.41) is 3.12. The van der Waals surface area contributed by atoms with Crippen molar-refractivity contribution >= 4 is 23.5 Å². The van der Waals surface area contributed by atoms with E-state index in [4.69, 9.17) is 9.47 Å². The Hall–Kier alpha value is -2.61. The molecule has 2 aliphatic rings. The molecular weight excluding hydrogens is 374 g/mol. The van der Waals surface area contributed by atoms with Crippen LogP contribution >= 0.6 is 0 Å². The number of piperidine rings is 1. The maximum Gasteiger partial charge on any atom is 0.309 e. The fourth-order valence-electron chi connectivity index (χ4n) is 3.63. The van der Waals surface area contributed by atoms with Crippen molar-refractivity contribution in [2.24, 2.45) is 5.92 Å². The number of hydrogen-bond donors (Lipinski definition) is 1. The highest BCUT2D eigenvalue weighted by atomic mass is 16.5. The molecule has 0 atom stereocenters. The van der Waals surface area contributed by atoms with E-state index in [2.05, 4.69) is 5.32 Å². The van der Waals surface area contributed by atoms with Crippen molar-refractivity contribution in [1.82, 2.24) is 9.80 Å². The van der Waals surface area contributed by atoms with Crippen molar-refractivity contribution < 1.29 is 23.9 Å². The van der Waals surface area contributed by atoms with Crippen LogP contribution in [0.1, 0.15) is 30.1 Å². The predicted molar refractivity (Wildman–Crippen MR) is 108 cm³/mol. The second-order valence-electron chi connectivity index (χ2n) is 7.25. The summed E-state index contributed by atoms with van der Waals surface area (Å²) in [4.78, 5) is 40.5. The number of anilines is 1. The molecule has 1 N–H and O–H groups in total. The first-order valence-electron chi connectivity index (χ1n) is 10.2. The molecule has 1 aromatic carbocycles. The number of ether oxygens (including phenoxy) is 2. The Morgan fingerprint density at radius 1 is 1.10 bits per heavy atom. The highest BCUT2D eigenvalue weighted by Gasteiger charge is 2.28. The minimum Gasteiger partial charge on any atom is -0.466 e. The third kappa shape index (κ3) is 5.69. The normalized spacial score (nSPS) is 17.7. The molecule has 0 radical (unpaired) electrons. The monoisotopic (exact) mass is 403 g/mol. The first-order chi connectivity index (χ1) is 14.1. The number of nitrogens with zero attached hydrogens (tertiary/aromatic N) is 2. The molecule has 3 rings (SSSR count). The highest BCUT2D eigenvalue weighted by molar-refractivity contribution is 5.95. The van der Waals surface area contributed by atoms with Gasteiger partial charge in [-0.05, 0) is 38.0 Å². The van der Waals surface area contributed by atoms with Crippen LogP contribution in [0.3, 0.4) is 0 Å². The summed E-state index contributed by atoms with van der Waals surface area (Å²) < 4.78 is 10.4. The van der Waals surface area contributed by atoms with Crippen LogP contribution in [0, 0.1) is 5.92 Å². The lowest BCUT2D eigenvalue weighted by atomic mass is 9.97. The van der Waals surface area contributed by atoms with Gasteiger partial charge in [0, 0.05) is 37.4 Å². The van der Waals surface area contributed by atoms with E-state index in [0.717, 1.165) is 5.69 Å².